The van der Waals surface area contributed by atoms with Crippen molar-refractivity contribution >= 4 is 0 Å². The highest BCUT2D eigenvalue weighted by molar-refractivity contribution is 5.39. The van der Waals surface area contributed by atoms with Crippen LogP contribution in [0.3, 0.4) is 0 Å². The lowest BCUT2D eigenvalue weighted by Crippen LogP contribution is -2.32. The molecule has 0 saturated heterocycles. The van der Waals surface area contributed by atoms with Crippen molar-refractivity contribution in [3.05, 3.63) is 29.3 Å². The second-order valence-electron chi connectivity index (χ2n) is 4.93. The van der Waals surface area contributed by atoms with Crippen LogP contribution in [0.1, 0.15) is 36.8 Å². The van der Waals surface area contributed by atoms with Crippen molar-refractivity contribution in [1.82, 2.24) is 0 Å². The Morgan fingerprint density at radius 3 is 2.50 bits per heavy atom. The lowest BCUT2D eigenvalue weighted by atomic mass is 9.78. The van der Waals surface area contributed by atoms with Gasteiger partial charge in [-0.2, -0.15) is 0 Å². The van der Waals surface area contributed by atoms with E-state index in [1.165, 1.54) is 36.8 Å². The van der Waals surface area contributed by atoms with Crippen LogP contribution in [0.5, 0.6) is 5.75 Å². The molecule has 0 aliphatic heterocycles. The number of aryl methyl sites for hydroxylation is 1. The van der Waals surface area contributed by atoms with Gasteiger partial charge in [0.05, 0.1) is 7.11 Å². The lowest BCUT2D eigenvalue weighted by molar-refractivity contribution is 0.407. The normalized spacial score (nSPS) is 18.7. The number of hydrogen-bond acceptors (Lipinski definition) is 2. The standard InChI is InChI=1S/C14H21NO/c1-11-7-12(9-13(8-11)16-2)14(10-15)5-3-4-6-14/h7-9H,3-6,10,15H2,1-2H3. The van der Waals surface area contributed by atoms with Gasteiger partial charge in [0.1, 0.15) is 5.75 Å². The first-order valence-electron chi connectivity index (χ1n) is 6.06. The second kappa shape index (κ2) is 4.46. The highest BCUT2D eigenvalue weighted by atomic mass is 16.5. The summed E-state index contributed by atoms with van der Waals surface area (Å²) in [7, 11) is 1.72. The number of benzene rings is 1. The van der Waals surface area contributed by atoms with Gasteiger partial charge in [-0.25, -0.2) is 0 Å². The third kappa shape index (κ3) is 1.94. The molecule has 1 fully saturated rings. The second-order valence-corrected chi connectivity index (χ2v) is 4.93. The summed E-state index contributed by atoms with van der Waals surface area (Å²) in [5, 5.41) is 0. The summed E-state index contributed by atoms with van der Waals surface area (Å²) in [6, 6.07) is 6.49. The molecule has 2 heteroatoms. The van der Waals surface area contributed by atoms with E-state index in [4.69, 9.17) is 10.5 Å². The summed E-state index contributed by atoms with van der Waals surface area (Å²) in [6.07, 6.45) is 5.03. The monoisotopic (exact) mass is 219 g/mol. The summed E-state index contributed by atoms with van der Waals surface area (Å²) in [6.45, 7) is 2.87. The molecule has 0 radical (unpaired) electrons. The Hall–Kier alpha value is -1.02. The zero-order valence-corrected chi connectivity index (χ0v) is 10.3. The van der Waals surface area contributed by atoms with Gasteiger partial charge in [-0.05, 0) is 43.0 Å². The molecular formula is C14H21NO. The average molecular weight is 219 g/mol. The van der Waals surface area contributed by atoms with Crippen LogP contribution in [0, 0.1) is 6.92 Å². The summed E-state index contributed by atoms with van der Waals surface area (Å²) >= 11 is 0. The fraction of sp³-hybridized carbons (Fsp3) is 0.571. The molecule has 0 atom stereocenters. The first-order chi connectivity index (χ1) is 7.70. The molecule has 2 rings (SSSR count). The van der Waals surface area contributed by atoms with E-state index in [0.717, 1.165) is 12.3 Å². The quantitative estimate of drug-likeness (QED) is 0.848. The molecule has 0 aromatic heterocycles. The SMILES string of the molecule is COc1cc(C)cc(C2(CN)CCCC2)c1. The van der Waals surface area contributed by atoms with Crippen LogP contribution in [-0.4, -0.2) is 13.7 Å². The molecule has 1 aromatic carbocycles. The Kier molecular flexibility index (Phi) is 3.20. The van der Waals surface area contributed by atoms with Gasteiger partial charge in [0.2, 0.25) is 0 Å². The van der Waals surface area contributed by atoms with Crippen LogP contribution in [0.25, 0.3) is 0 Å². The maximum atomic E-state index is 6.00. The van der Waals surface area contributed by atoms with E-state index in [2.05, 4.69) is 25.1 Å². The molecule has 2 nitrogen and oxygen atoms in total. The minimum absolute atomic E-state index is 0.208. The van der Waals surface area contributed by atoms with Crippen LogP contribution in [0.15, 0.2) is 18.2 Å². The largest absolute Gasteiger partial charge is 0.497 e. The van der Waals surface area contributed by atoms with Crippen LogP contribution in [-0.2, 0) is 5.41 Å². The Morgan fingerprint density at radius 2 is 1.94 bits per heavy atom. The zero-order chi connectivity index (χ0) is 11.6. The fourth-order valence-corrected chi connectivity index (χ4v) is 2.83. The molecule has 2 N–H and O–H groups in total. The lowest BCUT2D eigenvalue weighted by Gasteiger charge is -2.28. The van der Waals surface area contributed by atoms with E-state index in [-0.39, 0.29) is 5.41 Å². The minimum Gasteiger partial charge on any atom is -0.497 e. The smallest absolute Gasteiger partial charge is 0.119 e. The Bertz CT molecular complexity index is 367. The van der Waals surface area contributed by atoms with Crippen molar-refractivity contribution < 1.29 is 4.74 Å². The first-order valence-corrected chi connectivity index (χ1v) is 6.06. The number of nitrogens with two attached hydrogens (primary N) is 1. The fourth-order valence-electron chi connectivity index (χ4n) is 2.83. The van der Waals surface area contributed by atoms with Gasteiger partial charge in [-0.1, -0.05) is 18.9 Å². The average Bonchev–Trinajstić information content (AvgIpc) is 2.78. The van der Waals surface area contributed by atoms with E-state index in [1.54, 1.807) is 7.11 Å². The topological polar surface area (TPSA) is 35.2 Å². The predicted molar refractivity (Wildman–Crippen MR) is 66.9 cm³/mol. The van der Waals surface area contributed by atoms with Crippen molar-refractivity contribution in [3.8, 4) is 5.75 Å². The number of rotatable bonds is 3. The predicted octanol–water partition coefficient (Wildman–Crippen LogP) is 2.77. The van der Waals surface area contributed by atoms with Gasteiger partial charge in [-0.3, -0.25) is 0 Å². The third-order valence-corrected chi connectivity index (χ3v) is 3.85. The number of methoxy groups -OCH3 is 1. The van der Waals surface area contributed by atoms with E-state index < -0.39 is 0 Å². The van der Waals surface area contributed by atoms with Crippen molar-refractivity contribution in [2.45, 2.75) is 38.0 Å². The van der Waals surface area contributed by atoms with Gasteiger partial charge < -0.3 is 10.5 Å². The van der Waals surface area contributed by atoms with Gasteiger partial charge >= 0.3 is 0 Å². The highest BCUT2D eigenvalue weighted by Crippen LogP contribution is 2.41. The van der Waals surface area contributed by atoms with Crippen LogP contribution >= 0.6 is 0 Å². The maximum absolute atomic E-state index is 6.00. The molecule has 88 valence electrons. The summed E-state index contributed by atoms with van der Waals surface area (Å²) < 4.78 is 5.34. The number of ether oxygens (including phenoxy) is 1. The van der Waals surface area contributed by atoms with Crippen LogP contribution in [0.4, 0.5) is 0 Å². The van der Waals surface area contributed by atoms with Gasteiger partial charge in [-0.15, -0.1) is 0 Å². The van der Waals surface area contributed by atoms with Gasteiger partial charge in [0.25, 0.3) is 0 Å². The molecule has 1 aliphatic carbocycles. The first kappa shape index (κ1) is 11.5. The summed E-state index contributed by atoms with van der Waals surface area (Å²) in [4.78, 5) is 0. The van der Waals surface area contributed by atoms with Crippen molar-refractivity contribution in [2.75, 3.05) is 13.7 Å². The molecule has 0 bridgehead atoms. The Morgan fingerprint density at radius 1 is 1.25 bits per heavy atom. The van der Waals surface area contributed by atoms with Gasteiger partial charge in [0, 0.05) is 12.0 Å². The van der Waals surface area contributed by atoms with E-state index in [0.29, 0.717) is 0 Å². The minimum atomic E-state index is 0.208. The van der Waals surface area contributed by atoms with E-state index >= 15 is 0 Å². The molecule has 1 aliphatic rings. The Balaban J connectivity index is 2.41. The van der Waals surface area contributed by atoms with Crippen LogP contribution < -0.4 is 10.5 Å². The number of hydrogen-bond donors (Lipinski definition) is 1. The molecule has 0 heterocycles. The molecular weight excluding hydrogens is 198 g/mol. The molecule has 0 spiro atoms. The molecule has 0 unspecified atom stereocenters. The maximum Gasteiger partial charge on any atom is 0.119 e. The van der Waals surface area contributed by atoms with E-state index in [9.17, 15) is 0 Å². The van der Waals surface area contributed by atoms with Crippen LogP contribution in [0.2, 0.25) is 0 Å². The Labute approximate surface area is 97.8 Å². The van der Waals surface area contributed by atoms with Crippen molar-refractivity contribution in [1.29, 1.82) is 0 Å². The summed E-state index contributed by atoms with van der Waals surface area (Å²) in [5.74, 6) is 0.953. The van der Waals surface area contributed by atoms with E-state index in [1.807, 2.05) is 0 Å². The van der Waals surface area contributed by atoms with Crippen molar-refractivity contribution in [2.24, 2.45) is 5.73 Å². The molecule has 1 saturated carbocycles. The molecule has 16 heavy (non-hydrogen) atoms. The van der Waals surface area contributed by atoms with Gasteiger partial charge in [0.15, 0.2) is 0 Å². The zero-order valence-electron chi connectivity index (χ0n) is 10.3. The summed E-state index contributed by atoms with van der Waals surface area (Å²) in [5.41, 5.74) is 8.83. The molecule has 0 amide bonds. The molecule has 1 aromatic rings. The van der Waals surface area contributed by atoms with Crippen molar-refractivity contribution in [3.63, 3.8) is 0 Å². The third-order valence-electron chi connectivity index (χ3n) is 3.85. The highest BCUT2D eigenvalue weighted by Gasteiger charge is 2.34.